The third-order valence-corrected chi connectivity index (χ3v) is 6.50. The number of hydrogen-bond donors (Lipinski definition) is 0. The van der Waals surface area contributed by atoms with E-state index in [1.165, 1.54) is 0 Å². The lowest BCUT2D eigenvalue weighted by Gasteiger charge is -2.26. The van der Waals surface area contributed by atoms with Crippen molar-refractivity contribution < 1.29 is 8.42 Å². The summed E-state index contributed by atoms with van der Waals surface area (Å²) in [5.41, 5.74) is 1.63. The normalized spacial score (nSPS) is 12.3. The van der Waals surface area contributed by atoms with Crippen molar-refractivity contribution >= 4 is 21.6 Å². The van der Waals surface area contributed by atoms with Crippen LogP contribution in [0.25, 0.3) is 0 Å². The van der Waals surface area contributed by atoms with Crippen molar-refractivity contribution in [1.29, 1.82) is 0 Å². The average molecular weight is 332 g/mol. The molecule has 0 saturated heterocycles. The molecule has 1 rings (SSSR count). The molecule has 0 aliphatic rings. The molecule has 120 valence electrons. The van der Waals surface area contributed by atoms with Gasteiger partial charge in [-0.2, -0.15) is 4.31 Å². The molecular weight excluding hydrogens is 306 g/mol. The van der Waals surface area contributed by atoms with Gasteiger partial charge < -0.3 is 0 Å². The summed E-state index contributed by atoms with van der Waals surface area (Å²) in [6.07, 6.45) is 1.98. The van der Waals surface area contributed by atoms with Crippen LogP contribution in [-0.2, 0) is 15.9 Å². The first-order chi connectivity index (χ1) is 9.92. The number of hydrogen-bond acceptors (Lipinski definition) is 2. The van der Waals surface area contributed by atoms with Gasteiger partial charge in [-0.05, 0) is 30.0 Å². The number of halogens is 1. The van der Waals surface area contributed by atoms with Crippen molar-refractivity contribution in [3.05, 3.63) is 29.3 Å². The van der Waals surface area contributed by atoms with E-state index in [-0.39, 0.29) is 0 Å². The van der Waals surface area contributed by atoms with Crippen molar-refractivity contribution in [3.63, 3.8) is 0 Å². The Hall–Kier alpha value is -0.580. The van der Waals surface area contributed by atoms with Crippen LogP contribution in [0.4, 0.5) is 0 Å². The van der Waals surface area contributed by atoms with Crippen molar-refractivity contribution in [1.82, 2.24) is 4.31 Å². The largest absolute Gasteiger partial charge is 0.243 e. The van der Waals surface area contributed by atoms with Gasteiger partial charge in [0.15, 0.2) is 0 Å². The summed E-state index contributed by atoms with van der Waals surface area (Å²) in [5.74, 6) is 0.727. The summed E-state index contributed by atoms with van der Waals surface area (Å²) in [6, 6.07) is 5.32. The highest BCUT2D eigenvalue weighted by atomic mass is 35.5. The van der Waals surface area contributed by atoms with Gasteiger partial charge >= 0.3 is 0 Å². The molecule has 0 radical (unpaired) electrons. The third kappa shape index (κ3) is 4.21. The Kier molecular flexibility index (Phi) is 7.17. The molecule has 21 heavy (non-hydrogen) atoms. The summed E-state index contributed by atoms with van der Waals surface area (Å²) in [4.78, 5) is 0.383. The van der Waals surface area contributed by atoms with Crippen LogP contribution in [0.15, 0.2) is 23.1 Å². The Morgan fingerprint density at radius 2 is 1.81 bits per heavy atom. The predicted octanol–water partition coefficient (Wildman–Crippen LogP) is 4.18. The Balaban J connectivity index is 3.19. The maximum atomic E-state index is 12.9. The molecule has 5 heteroatoms. The summed E-state index contributed by atoms with van der Waals surface area (Å²) in [5, 5.41) is 0. The van der Waals surface area contributed by atoms with Crippen LogP contribution in [0.1, 0.15) is 44.7 Å². The van der Waals surface area contributed by atoms with Crippen molar-refractivity contribution in [2.45, 2.75) is 51.3 Å². The molecule has 0 fully saturated rings. The Bertz CT molecular complexity index is 553. The number of alkyl halides is 1. The maximum absolute atomic E-state index is 12.9. The van der Waals surface area contributed by atoms with Gasteiger partial charge in [-0.3, -0.25) is 0 Å². The van der Waals surface area contributed by atoms with Crippen LogP contribution in [0.3, 0.4) is 0 Å². The van der Waals surface area contributed by atoms with Crippen molar-refractivity contribution in [3.8, 4) is 0 Å². The molecule has 0 aliphatic carbocycles. The lowest BCUT2D eigenvalue weighted by Crippen LogP contribution is -2.35. The van der Waals surface area contributed by atoms with Crippen LogP contribution < -0.4 is 0 Å². The summed E-state index contributed by atoms with van der Waals surface area (Å²) >= 11 is 5.89. The van der Waals surface area contributed by atoms with E-state index in [1.807, 2.05) is 19.9 Å². The standard InChI is InChI=1S/C16H26ClNO2S/c1-5-14(6-2)12-18(7-3)21(19,20)16-10-8-9-15(11-17)13(16)4/h8-10,14H,5-7,11-12H2,1-4H3. The summed E-state index contributed by atoms with van der Waals surface area (Å²) in [6.45, 7) is 9.00. The van der Waals surface area contributed by atoms with Gasteiger partial charge in [0.2, 0.25) is 10.0 Å². The second-order valence-corrected chi connectivity index (χ2v) is 7.49. The Labute approximate surface area is 134 Å². The van der Waals surface area contributed by atoms with Crippen molar-refractivity contribution in [2.24, 2.45) is 5.92 Å². The van der Waals surface area contributed by atoms with E-state index in [9.17, 15) is 8.42 Å². The fraction of sp³-hybridized carbons (Fsp3) is 0.625. The molecule has 0 bridgehead atoms. The van der Waals surface area contributed by atoms with Gasteiger partial charge in [-0.15, -0.1) is 11.6 Å². The topological polar surface area (TPSA) is 37.4 Å². The average Bonchev–Trinajstić information content (AvgIpc) is 2.48. The number of benzene rings is 1. The van der Waals surface area contributed by atoms with E-state index >= 15 is 0 Å². The molecule has 0 atom stereocenters. The highest BCUT2D eigenvalue weighted by Gasteiger charge is 2.27. The van der Waals surface area contributed by atoms with E-state index in [2.05, 4.69) is 13.8 Å². The highest BCUT2D eigenvalue weighted by Crippen LogP contribution is 2.25. The van der Waals surface area contributed by atoms with E-state index in [1.54, 1.807) is 16.4 Å². The van der Waals surface area contributed by atoms with Gasteiger partial charge in [-0.25, -0.2) is 8.42 Å². The van der Waals surface area contributed by atoms with E-state index in [0.29, 0.717) is 29.8 Å². The fourth-order valence-electron chi connectivity index (χ4n) is 2.46. The minimum absolute atomic E-state index is 0.327. The summed E-state index contributed by atoms with van der Waals surface area (Å²) in [7, 11) is -3.45. The lowest BCUT2D eigenvalue weighted by atomic mass is 10.0. The number of rotatable bonds is 8. The van der Waals surface area contributed by atoms with Crippen LogP contribution in [0.2, 0.25) is 0 Å². The van der Waals surface area contributed by atoms with E-state index < -0.39 is 10.0 Å². The van der Waals surface area contributed by atoms with Crippen LogP contribution in [0.5, 0.6) is 0 Å². The minimum Gasteiger partial charge on any atom is -0.207 e. The lowest BCUT2D eigenvalue weighted by molar-refractivity contribution is 0.339. The van der Waals surface area contributed by atoms with E-state index in [0.717, 1.165) is 24.0 Å². The second kappa shape index (κ2) is 8.16. The molecule has 0 heterocycles. The van der Waals surface area contributed by atoms with Gasteiger partial charge in [0.1, 0.15) is 0 Å². The van der Waals surface area contributed by atoms with Gasteiger partial charge in [-0.1, -0.05) is 45.7 Å². The molecule has 1 aromatic rings. The zero-order valence-corrected chi connectivity index (χ0v) is 15.0. The number of sulfonamides is 1. The highest BCUT2D eigenvalue weighted by molar-refractivity contribution is 7.89. The molecule has 0 aliphatic heterocycles. The zero-order valence-electron chi connectivity index (χ0n) is 13.4. The van der Waals surface area contributed by atoms with E-state index in [4.69, 9.17) is 11.6 Å². The smallest absolute Gasteiger partial charge is 0.207 e. The van der Waals surface area contributed by atoms with Crippen LogP contribution >= 0.6 is 11.6 Å². The number of nitrogens with zero attached hydrogens (tertiary/aromatic N) is 1. The molecule has 0 unspecified atom stereocenters. The third-order valence-electron chi connectivity index (χ3n) is 4.13. The fourth-order valence-corrected chi connectivity index (χ4v) is 4.54. The molecular formula is C16H26ClNO2S. The molecule has 0 saturated carbocycles. The first-order valence-corrected chi connectivity index (χ1v) is 9.54. The van der Waals surface area contributed by atoms with Crippen molar-refractivity contribution in [2.75, 3.05) is 13.1 Å². The quantitative estimate of drug-likeness (QED) is 0.670. The van der Waals surface area contributed by atoms with Gasteiger partial charge in [0.05, 0.1) is 4.90 Å². The Morgan fingerprint density at radius 3 is 2.29 bits per heavy atom. The van der Waals surface area contributed by atoms with Gasteiger partial charge in [0.25, 0.3) is 0 Å². The Morgan fingerprint density at radius 1 is 1.19 bits per heavy atom. The summed E-state index contributed by atoms with van der Waals surface area (Å²) < 4.78 is 27.4. The molecule has 0 N–H and O–H groups in total. The van der Waals surface area contributed by atoms with Crippen LogP contribution in [0, 0.1) is 12.8 Å². The monoisotopic (exact) mass is 331 g/mol. The first kappa shape index (κ1) is 18.5. The SMILES string of the molecule is CCC(CC)CN(CC)S(=O)(=O)c1cccc(CCl)c1C. The molecule has 0 aromatic heterocycles. The molecule has 0 spiro atoms. The molecule has 1 aromatic carbocycles. The molecule has 3 nitrogen and oxygen atoms in total. The second-order valence-electron chi connectivity index (χ2n) is 5.31. The van der Waals surface area contributed by atoms with Gasteiger partial charge in [0, 0.05) is 19.0 Å². The minimum atomic E-state index is -3.45. The maximum Gasteiger partial charge on any atom is 0.243 e. The molecule has 0 amide bonds. The zero-order chi connectivity index (χ0) is 16.0. The first-order valence-electron chi connectivity index (χ1n) is 7.56. The van der Waals surface area contributed by atoms with Crippen LogP contribution in [-0.4, -0.2) is 25.8 Å². The predicted molar refractivity (Wildman–Crippen MR) is 89.2 cm³/mol.